The van der Waals surface area contributed by atoms with Crippen molar-refractivity contribution < 1.29 is 0 Å². The summed E-state index contributed by atoms with van der Waals surface area (Å²) in [6.07, 6.45) is 14.5. The summed E-state index contributed by atoms with van der Waals surface area (Å²) in [5.41, 5.74) is 23.8. The fourth-order valence-electron chi connectivity index (χ4n) is 14.0. The molecule has 4 nitrogen and oxygen atoms in total. The van der Waals surface area contributed by atoms with Gasteiger partial charge in [0.2, 0.25) is 0 Å². The summed E-state index contributed by atoms with van der Waals surface area (Å²) in [5.74, 6) is 0. The molecule has 2 N–H and O–H groups in total. The van der Waals surface area contributed by atoms with E-state index in [4.69, 9.17) is 9.97 Å². The van der Waals surface area contributed by atoms with E-state index in [0.717, 1.165) is 128 Å². The van der Waals surface area contributed by atoms with E-state index in [1.807, 2.05) is 0 Å². The molecule has 0 amide bonds. The first-order chi connectivity index (χ1) is 41.0. The molecular weight excluding hydrogens is 1040 g/mol. The number of aromatic nitrogens is 4. The molecule has 0 spiro atoms. The molecule has 5 heterocycles. The lowest BCUT2D eigenvalue weighted by atomic mass is 9.79. The highest BCUT2D eigenvalue weighted by Gasteiger charge is 2.28. The monoisotopic (exact) mass is 1130 g/mol. The SMILES string of the molecule is CCCCc1cc(CCCC)c2cc3c4cc5nc4c(c4ccc([nH]4)c(-c4cc(C(C)(C)C)cc(C(C)(C)C)c4)c4nc(c(-c6ccccc6)c6ccc([nH]6)c5-c5cc(C(C)(C)C)cc(C(C)(C)C)c5)C=C4)c4cc(CCCC)c5ccc1c2c5c34. The van der Waals surface area contributed by atoms with Crippen molar-refractivity contribution in [3.63, 3.8) is 0 Å². The first kappa shape index (κ1) is 57.3. The first-order valence-electron chi connectivity index (χ1n) is 32.4. The van der Waals surface area contributed by atoms with Crippen LogP contribution in [0.3, 0.4) is 0 Å². The zero-order valence-electron chi connectivity index (χ0n) is 54.0. The van der Waals surface area contributed by atoms with E-state index in [2.05, 4.69) is 253 Å². The maximum atomic E-state index is 6.17. The minimum Gasteiger partial charge on any atom is -0.354 e. The van der Waals surface area contributed by atoms with Crippen molar-refractivity contribution in [1.82, 2.24) is 19.9 Å². The van der Waals surface area contributed by atoms with Gasteiger partial charge in [0.05, 0.1) is 22.4 Å². The second-order valence-electron chi connectivity index (χ2n) is 29.5. The maximum absolute atomic E-state index is 6.17. The van der Waals surface area contributed by atoms with Crippen molar-refractivity contribution in [3.8, 4) is 33.4 Å². The third-order valence-corrected chi connectivity index (χ3v) is 19.0. The highest BCUT2D eigenvalue weighted by molar-refractivity contribution is 6.41. The van der Waals surface area contributed by atoms with Crippen LogP contribution in [0, 0.1) is 0 Å². The molecule has 13 rings (SSSR count). The molecule has 86 heavy (non-hydrogen) atoms. The Hall–Kier alpha value is -7.82. The van der Waals surface area contributed by atoms with Gasteiger partial charge < -0.3 is 9.97 Å². The molecule has 12 aromatic rings. The summed E-state index contributed by atoms with van der Waals surface area (Å²) in [5, 5.41) is 13.3. The van der Waals surface area contributed by atoms with E-state index in [1.54, 1.807) is 0 Å². The van der Waals surface area contributed by atoms with Gasteiger partial charge in [0.1, 0.15) is 0 Å². The number of aryl methyl sites for hydroxylation is 3. The molecule has 0 saturated carbocycles. The van der Waals surface area contributed by atoms with Crippen molar-refractivity contribution in [2.24, 2.45) is 0 Å². The molecule has 4 aromatic heterocycles. The normalized spacial score (nSPS) is 13.2. The molecule has 0 radical (unpaired) electrons. The van der Waals surface area contributed by atoms with Gasteiger partial charge in [0.15, 0.2) is 0 Å². The van der Waals surface area contributed by atoms with Crippen LogP contribution in [0.4, 0.5) is 0 Å². The lowest BCUT2D eigenvalue weighted by Gasteiger charge is -2.26. The lowest BCUT2D eigenvalue weighted by Crippen LogP contribution is -2.16. The zero-order valence-corrected chi connectivity index (χ0v) is 54.0. The Morgan fingerprint density at radius 2 is 0.779 bits per heavy atom. The predicted molar refractivity (Wildman–Crippen MR) is 375 cm³/mol. The lowest BCUT2D eigenvalue weighted by molar-refractivity contribution is 0.568. The van der Waals surface area contributed by atoms with E-state index in [1.165, 1.54) is 100 Å². The van der Waals surface area contributed by atoms with Gasteiger partial charge in [-0.25, -0.2) is 9.97 Å². The van der Waals surface area contributed by atoms with Crippen LogP contribution in [0.2, 0.25) is 0 Å². The zero-order chi connectivity index (χ0) is 60.4. The van der Waals surface area contributed by atoms with Crippen LogP contribution in [0.25, 0.3) is 132 Å². The molecule has 8 aromatic carbocycles. The number of nitrogens with one attached hydrogen (secondary N) is 2. The topological polar surface area (TPSA) is 57.4 Å². The van der Waals surface area contributed by atoms with Crippen molar-refractivity contribution in [2.45, 2.75) is 183 Å². The van der Waals surface area contributed by atoms with Crippen LogP contribution < -0.4 is 0 Å². The summed E-state index contributed by atoms with van der Waals surface area (Å²) < 4.78 is 0. The molecule has 4 heteroatoms. The van der Waals surface area contributed by atoms with Crippen LogP contribution in [-0.2, 0) is 40.9 Å². The predicted octanol–water partition coefficient (Wildman–Crippen LogP) is 23.6. The van der Waals surface area contributed by atoms with Crippen LogP contribution in [-0.4, -0.2) is 19.9 Å². The van der Waals surface area contributed by atoms with Crippen molar-refractivity contribution >= 4 is 99.1 Å². The molecule has 0 atom stereocenters. The Morgan fingerprint density at radius 3 is 1.30 bits per heavy atom. The molecule has 436 valence electrons. The summed E-state index contributed by atoms with van der Waals surface area (Å²) >= 11 is 0. The number of benzene rings is 8. The van der Waals surface area contributed by atoms with Crippen LogP contribution in [0.5, 0.6) is 0 Å². The van der Waals surface area contributed by atoms with Gasteiger partial charge in [-0.1, -0.05) is 208 Å². The van der Waals surface area contributed by atoms with E-state index in [0.29, 0.717) is 0 Å². The second-order valence-corrected chi connectivity index (χ2v) is 29.5. The minimum absolute atomic E-state index is 0.0938. The average Bonchev–Trinajstić information content (AvgIpc) is 1.08. The number of nitrogens with zero attached hydrogens (tertiary/aromatic N) is 2. The van der Waals surface area contributed by atoms with Gasteiger partial charge in [-0.3, -0.25) is 0 Å². The molecule has 0 aliphatic carbocycles. The minimum atomic E-state index is -0.107. The number of unbranched alkanes of at least 4 members (excludes halogenated alkanes) is 3. The third-order valence-electron chi connectivity index (χ3n) is 19.0. The number of hydrogen-bond acceptors (Lipinski definition) is 2. The second kappa shape index (κ2) is 21.3. The summed E-state index contributed by atoms with van der Waals surface area (Å²) in [4.78, 5) is 20.4. The molecule has 1 aliphatic heterocycles. The average molecular weight is 1130 g/mol. The van der Waals surface area contributed by atoms with E-state index in [-0.39, 0.29) is 21.7 Å². The maximum Gasteiger partial charge on any atom is 0.0816 e. The van der Waals surface area contributed by atoms with Gasteiger partial charge in [0.25, 0.3) is 0 Å². The Balaban J connectivity index is 1.31. The quantitative estimate of drug-likeness (QED) is 0.0946. The van der Waals surface area contributed by atoms with Crippen molar-refractivity contribution in [1.29, 1.82) is 0 Å². The van der Waals surface area contributed by atoms with Crippen LogP contribution in [0.15, 0.2) is 127 Å². The number of rotatable bonds is 12. The number of hydrogen-bond donors (Lipinski definition) is 2. The molecule has 0 saturated heterocycles. The smallest absolute Gasteiger partial charge is 0.0816 e. The first-order valence-corrected chi connectivity index (χ1v) is 32.4. The van der Waals surface area contributed by atoms with E-state index >= 15 is 0 Å². The number of H-pyrrole nitrogens is 2. The summed E-state index contributed by atoms with van der Waals surface area (Å²) in [6, 6.07) is 50.0. The fraction of sp³-hybridized carbons (Fsp3) is 0.341. The Bertz CT molecular complexity index is 4710. The van der Waals surface area contributed by atoms with Crippen molar-refractivity contribution in [3.05, 3.63) is 178 Å². The van der Waals surface area contributed by atoms with Crippen molar-refractivity contribution in [2.75, 3.05) is 0 Å². The molecule has 8 bridgehead atoms. The van der Waals surface area contributed by atoms with Crippen LogP contribution >= 0.6 is 0 Å². The highest BCUT2D eigenvalue weighted by atomic mass is 14.8. The molecule has 1 aliphatic rings. The fourth-order valence-corrected chi connectivity index (χ4v) is 14.0. The molecular formula is C82H88N4. The number of fused-ring (bicyclic) bond motifs is 10. The Kier molecular flexibility index (Phi) is 14.2. The van der Waals surface area contributed by atoms with E-state index < -0.39 is 0 Å². The van der Waals surface area contributed by atoms with Gasteiger partial charge in [-0.15, -0.1) is 0 Å². The summed E-state index contributed by atoms with van der Waals surface area (Å²) in [7, 11) is 0. The standard InChI is InChI=1S/C82H88N4/c1-16-19-25-49-38-50(26-20-17-2)60-46-61-62-47-70-73(53-41-56(81(10,11)12)45-57(42-53)82(13,14)15)68-35-33-65(84-68)71(48-28-23-22-24-29-48)64-32-34-66(83-64)72(52-39-54(79(4,5)6)44-55(40-52)80(7,8)9)67-36-37-69(85-67)76(78(62)86-70)63-43-51(27-21-18-3)59-31-30-58(49)74(60)77(59)75(61)63/h22-24,28-47,84-85H,16-21,25-27H2,1-15H3. The molecule has 0 fully saturated rings. The number of aromatic amines is 2. The summed E-state index contributed by atoms with van der Waals surface area (Å²) in [6.45, 7) is 35.1. The van der Waals surface area contributed by atoms with Crippen LogP contribution in [0.1, 0.15) is 193 Å². The Labute approximate surface area is 510 Å². The van der Waals surface area contributed by atoms with E-state index in [9.17, 15) is 0 Å². The van der Waals surface area contributed by atoms with Gasteiger partial charge >= 0.3 is 0 Å². The highest BCUT2D eigenvalue weighted by Crippen LogP contribution is 2.50. The largest absolute Gasteiger partial charge is 0.354 e. The third kappa shape index (κ3) is 9.93. The van der Waals surface area contributed by atoms with Gasteiger partial charge in [-0.05, 0) is 214 Å². The molecule has 0 unspecified atom stereocenters. The van der Waals surface area contributed by atoms with Gasteiger partial charge in [-0.2, -0.15) is 0 Å². The Morgan fingerprint density at radius 1 is 0.337 bits per heavy atom. The van der Waals surface area contributed by atoms with Gasteiger partial charge in [0, 0.05) is 49.5 Å².